The first-order chi connectivity index (χ1) is 10.3. The average Bonchev–Trinajstić information content (AvgIpc) is 3.01. The van der Waals surface area contributed by atoms with Crippen LogP contribution in [0.25, 0.3) is 0 Å². The zero-order valence-electron chi connectivity index (χ0n) is 12.0. The Hall–Kier alpha value is -2.00. The van der Waals surface area contributed by atoms with Crippen LogP contribution < -0.4 is 15.2 Å². The molecule has 1 aliphatic carbocycles. The molecule has 0 fully saturated rings. The topological polar surface area (TPSA) is 44.5 Å². The summed E-state index contributed by atoms with van der Waals surface area (Å²) in [6, 6.07) is 12.5. The summed E-state index contributed by atoms with van der Waals surface area (Å²) in [7, 11) is 0. The maximum absolute atomic E-state index is 6.45. The molecule has 108 valence electrons. The maximum Gasteiger partial charge on any atom is 0.161 e. The fraction of sp³-hybridized carbons (Fsp3) is 0.333. The van der Waals surface area contributed by atoms with Crippen molar-refractivity contribution in [2.45, 2.75) is 25.3 Å². The summed E-state index contributed by atoms with van der Waals surface area (Å²) < 4.78 is 11.2. The van der Waals surface area contributed by atoms with Crippen LogP contribution in [-0.2, 0) is 12.8 Å². The Kier molecular flexibility index (Phi) is 3.08. The highest BCUT2D eigenvalue weighted by Crippen LogP contribution is 2.34. The lowest BCUT2D eigenvalue weighted by Crippen LogP contribution is -2.17. The smallest absolute Gasteiger partial charge is 0.161 e. The summed E-state index contributed by atoms with van der Waals surface area (Å²) in [4.78, 5) is 0. The number of hydrogen-bond donors (Lipinski definition) is 1. The van der Waals surface area contributed by atoms with Gasteiger partial charge < -0.3 is 15.2 Å². The molecule has 2 N–H and O–H groups in total. The lowest BCUT2D eigenvalue weighted by atomic mass is 9.96. The van der Waals surface area contributed by atoms with Gasteiger partial charge in [0.15, 0.2) is 11.5 Å². The lowest BCUT2D eigenvalue weighted by Gasteiger charge is -2.21. The molecule has 0 aromatic heterocycles. The van der Waals surface area contributed by atoms with Crippen molar-refractivity contribution in [3.63, 3.8) is 0 Å². The van der Waals surface area contributed by atoms with Crippen LogP contribution in [-0.4, -0.2) is 13.2 Å². The molecule has 3 nitrogen and oxygen atoms in total. The van der Waals surface area contributed by atoms with Crippen molar-refractivity contribution in [3.8, 4) is 11.5 Å². The minimum absolute atomic E-state index is 0.119. The van der Waals surface area contributed by atoms with E-state index >= 15 is 0 Å². The largest absolute Gasteiger partial charge is 0.486 e. The molecule has 2 aromatic carbocycles. The summed E-state index contributed by atoms with van der Waals surface area (Å²) in [5.41, 5.74) is 11.6. The van der Waals surface area contributed by atoms with E-state index in [4.69, 9.17) is 15.2 Å². The van der Waals surface area contributed by atoms with Gasteiger partial charge in [0.1, 0.15) is 13.2 Å². The molecule has 1 aliphatic heterocycles. The Morgan fingerprint density at radius 1 is 0.810 bits per heavy atom. The fourth-order valence-electron chi connectivity index (χ4n) is 3.23. The van der Waals surface area contributed by atoms with Gasteiger partial charge in [-0.2, -0.15) is 0 Å². The molecule has 3 heteroatoms. The number of rotatable bonds is 2. The van der Waals surface area contributed by atoms with E-state index in [1.54, 1.807) is 0 Å². The van der Waals surface area contributed by atoms with E-state index in [0.717, 1.165) is 17.1 Å². The van der Waals surface area contributed by atoms with Crippen molar-refractivity contribution in [2.75, 3.05) is 13.2 Å². The Morgan fingerprint density at radius 3 is 2.43 bits per heavy atom. The Balaban J connectivity index is 1.66. The molecular formula is C18H19NO2. The molecule has 1 atom stereocenters. The van der Waals surface area contributed by atoms with Gasteiger partial charge in [-0.1, -0.05) is 24.3 Å². The van der Waals surface area contributed by atoms with Crippen LogP contribution in [0.15, 0.2) is 36.4 Å². The molecular weight excluding hydrogens is 262 g/mol. The standard InChI is InChI=1S/C18H19NO2/c19-18(14-5-4-12-2-1-3-13(12)10-14)15-6-7-16-17(11-15)21-9-8-20-16/h4-7,10-11,18H,1-3,8-9,19H2. The molecule has 1 heterocycles. The molecule has 0 bridgehead atoms. The van der Waals surface area contributed by atoms with Gasteiger partial charge in [0, 0.05) is 0 Å². The second kappa shape index (κ2) is 5.08. The molecule has 0 amide bonds. The summed E-state index contributed by atoms with van der Waals surface area (Å²) in [5.74, 6) is 1.61. The maximum atomic E-state index is 6.45. The first-order valence-electron chi connectivity index (χ1n) is 7.58. The summed E-state index contributed by atoms with van der Waals surface area (Å²) in [6.45, 7) is 1.22. The van der Waals surface area contributed by atoms with Gasteiger partial charge in [-0.15, -0.1) is 0 Å². The van der Waals surface area contributed by atoms with Gasteiger partial charge in [-0.3, -0.25) is 0 Å². The van der Waals surface area contributed by atoms with Crippen molar-refractivity contribution >= 4 is 0 Å². The summed E-state index contributed by atoms with van der Waals surface area (Å²) >= 11 is 0. The number of hydrogen-bond acceptors (Lipinski definition) is 3. The van der Waals surface area contributed by atoms with Crippen LogP contribution >= 0.6 is 0 Å². The van der Waals surface area contributed by atoms with Crippen molar-refractivity contribution < 1.29 is 9.47 Å². The van der Waals surface area contributed by atoms with Gasteiger partial charge in [0.05, 0.1) is 6.04 Å². The molecule has 2 aromatic rings. The number of ether oxygens (including phenoxy) is 2. The highest BCUT2D eigenvalue weighted by molar-refractivity contribution is 5.47. The van der Waals surface area contributed by atoms with Crippen LogP contribution in [0.1, 0.15) is 34.7 Å². The monoisotopic (exact) mass is 281 g/mol. The van der Waals surface area contributed by atoms with Crippen LogP contribution in [0.5, 0.6) is 11.5 Å². The molecule has 0 saturated heterocycles. The van der Waals surface area contributed by atoms with Gasteiger partial charge in [-0.25, -0.2) is 0 Å². The van der Waals surface area contributed by atoms with E-state index in [1.807, 2.05) is 18.2 Å². The molecule has 2 aliphatic rings. The molecule has 4 rings (SSSR count). The summed E-state index contributed by atoms with van der Waals surface area (Å²) in [5, 5.41) is 0. The van der Waals surface area contributed by atoms with E-state index in [9.17, 15) is 0 Å². The molecule has 0 spiro atoms. The van der Waals surface area contributed by atoms with Gasteiger partial charge in [0.2, 0.25) is 0 Å². The Morgan fingerprint density at radius 2 is 1.52 bits per heavy atom. The predicted molar refractivity (Wildman–Crippen MR) is 81.9 cm³/mol. The molecule has 0 radical (unpaired) electrons. The van der Waals surface area contributed by atoms with Crippen molar-refractivity contribution in [2.24, 2.45) is 5.73 Å². The highest BCUT2D eigenvalue weighted by Gasteiger charge is 2.18. The second-order valence-corrected chi connectivity index (χ2v) is 5.76. The minimum atomic E-state index is -0.119. The van der Waals surface area contributed by atoms with E-state index < -0.39 is 0 Å². The number of aryl methyl sites for hydroxylation is 2. The Labute approximate surface area is 124 Å². The minimum Gasteiger partial charge on any atom is -0.486 e. The second-order valence-electron chi connectivity index (χ2n) is 5.76. The van der Waals surface area contributed by atoms with Crippen molar-refractivity contribution in [1.82, 2.24) is 0 Å². The molecule has 0 saturated carbocycles. The van der Waals surface area contributed by atoms with Gasteiger partial charge in [-0.05, 0) is 53.6 Å². The third-order valence-electron chi connectivity index (χ3n) is 4.41. The SMILES string of the molecule is NC(c1ccc2c(c1)CCC2)c1ccc2c(c1)OCCO2. The van der Waals surface area contributed by atoms with E-state index in [-0.39, 0.29) is 6.04 Å². The van der Waals surface area contributed by atoms with Crippen LogP contribution in [0, 0.1) is 0 Å². The number of nitrogens with two attached hydrogens (primary N) is 1. The van der Waals surface area contributed by atoms with Gasteiger partial charge >= 0.3 is 0 Å². The number of fused-ring (bicyclic) bond motifs is 2. The quantitative estimate of drug-likeness (QED) is 0.920. The zero-order valence-corrected chi connectivity index (χ0v) is 12.0. The zero-order chi connectivity index (χ0) is 14.2. The summed E-state index contributed by atoms with van der Waals surface area (Å²) in [6.07, 6.45) is 3.64. The van der Waals surface area contributed by atoms with E-state index in [0.29, 0.717) is 13.2 Å². The van der Waals surface area contributed by atoms with Crippen molar-refractivity contribution in [3.05, 3.63) is 58.7 Å². The lowest BCUT2D eigenvalue weighted by molar-refractivity contribution is 0.171. The fourth-order valence-corrected chi connectivity index (χ4v) is 3.23. The van der Waals surface area contributed by atoms with Crippen LogP contribution in [0.3, 0.4) is 0 Å². The highest BCUT2D eigenvalue weighted by atomic mass is 16.6. The van der Waals surface area contributed by atoms with E-state index in [1.165, 1.54) is 36.0 Å². The third kappa shape index (κ3) is 2.28. The molecule has 1 unspecified atom stereocenters. The Bertz CT molecular complexity index is 681. The third-order valence-corrected chi connectivity index (χ3v) is 4.41. The number of benzene rings is 2. The first-order valence-corrected chi connectivity index (χ1v) is 7.58. The molecule has 21 heavy (non-hydrogen) atoms. The normalized spacial score (nSPS) is 17.4. The van der Waals surface area contributed by atoms with E-state index in [2.05, 4.69) is 18.2 Å². The average molecular weight is 281 g/mol. The predicted octanol–water partition coefficient (Wildman–Crippen LogP) is 2.99. The van der Waals surface area contributed by atoms with Crippen LogP contribution in [0.4, 0.5) is 0 Å². The van der Waals surface area contributed by atoms with Crippen LogP contribution in [0.2, 0.25) is 0 Å². The first kappa shape index (κ1) is 12.7. The van der Waals surface area contributed by atoms with Gasteiger partial charge in [0.25, 0.3) is 0 Å². The van der Waals surface area contributed by atoms with Crippen molar-refractivity contribution in [1.29, 1.82) is 0 Å².